The summed E-state index contributed by atoms with van der Waals surface area (Å²) in [5.74, 6) is 0.828. The summed E-state index contributed by atoms with van der Waals surface area (Å²) in [6.07, 6.45) is 1.97. The Morgan fingerprint density at radius 2 is 2.25 bits per heavy atom. The number of hydrogen-bond donors (Lipinski definition) is 1. The molecule has 0 spiro atoms. The molecule has 1 rings (SSSR count). The Hall–Kier alpha value is -0.670. The highest BCUT2D eigenvalue weighted by molar-refractivity contribution is 7.98. The number of rotatable bonds is 3. The van der Waals surface area contributed by atoms with E-state index in [1.807, 2.05) is 24.5 Å². The van der Waals surface area contributed by atoms with E-state index in [0.29, 0.717) is 0 Å². The van der Waals surface area contributed by atoms with Gasteiger partial charge >= 0.3 is 0 Å². The average molecular weight is 184 g/mol. The van der Waals surface area contributed by atoms with Crippen molar-refractivity contribution in [2.45, 2.75) is 11.5 Å². The summed E-state index contributed by atoms with van der Waals surface area (Å²) in [6, 6.07) is 5.67. The molecule has 0 saturated carbocycles. The van der Waals surface area contributed by atoms with Crippen molar-refractivity contribution < 1.29 is 9.84 Å². The lowest BCUT2D eigenvalue weighted by Gasteiger charge is -2.09. The van der Waals surface area contributed by atoms with Crippen molar-refractivity contribution in [3.8, 4) is 5.75 Å². The van der Waals surface area contributed by atoms with Crippen molar-refractivity contribution in [1.29, 1.82) is 0 Å². The molecule has 1 aromatic carbocycles. The van der Waals surface area contributed by atoms with Gasteiger partial charge in [0, 0.05) is 0 Å². The molecule has 1 aromatic rings. The molecule has 0 saturated heterocycles. The van der Waals surface area contributed by atoms with E-state index in [0.717, 1.165) is 16.2 Å². The fraction of sp³-hybridized carbons (Fsp3) is 0.333. The van der Waals surface area contributed by atoms with Gasteiger partial charge in [0.05, 0.1) is 18.6 Å². The molecule has 66 valence electrons. The van der Waals surface area contributed by atoms with Crippen molar-refractivity contribution in [2.75, 3.05) is 13.4 Å². The Kier molecular flexibility index (Phi) is 3.44. The van der Waals surface area contributed by atoms with E-state index in [1.165, 1.54) is 0 Å². The summed E-state index contributed by atoms with van der Waals surface area (Å²) in [5.41, 5.74) is 0.918. The average Bonchev–Trinajstić information content (AvgIpc) is 2.16. The largest absolute Gasteiger partial charge is 0.496 e. The van der Waals surface area contributed by atoms with Crippen LogP contribution in [0.3, 0.4) is 0 Å². The maximum absolute atomic E-state index is 9.00. The Bertz CT molecular complexity index is 238. The molecule has 2 nitrogen and oxygen atoms in total. The number of aliphatic hydroxyl groups excluding tert-OH is 1. The van der Waals surface area contributed by atoms with Crippen LogP contribution in [-0.2, 0) is 6.61 Å². The van der Waals surface area contributed by atoms with E-state index in [-0.39, 0.29) is 6.61 Å². The molecule has 3 heteroatoms. The monoisotopic (exact) mass is 184 g/mol. The number of aliphatic hydroxyl groups is 1. The lowest BCUT2D eigenvalue weighted by atomic mass is 10.2. The zero-order valence-corrected chi connectivity index (χ0v) is 8.02. The van der Waals surface area contributed by atoms with E-state index in [4.69, 9.17) is 9.84 Å². The van der Waals surface area contributed by atoms with Gasteiger partial charge in [0.1, 0.15) is 5.75 Å². The van der Waals surface area contributed by atoms with Gasteiger partial charge in [-0.2, -0.15) is 0 Å². The molecule has 0 aliphatic rings. The molecule has 1 N–H and O–H groups in total. The zero-order chi connectivity index (χ0) is 8.97. The summed E-state index contributed by atoms with van der Waals surface area (Å²) < 4.78 is 5.15. The maximum atomic E-state index is 9.00. The lowest BCUT2D eigenvalue weighted by molar-refractivity contribution is 0.277. The summed E-state index contributed by atoms with van der Waals surface area (Å²) >= 11 is 1.59. The normalized spacial score (nSPS) is 9.92. The van der Waals surface area contributed by atoms with Crippen molar-refractivity contribution >= 4 is 11.8 Å². The third kappa shape index (κ3) is 1.73. The maximum Gasteiger partial charge on any atom is 0.132 e. The third-order valence-corrected chi connectivity index (χ3v) is 2.53. The van der Waals surface area contributed by atoms with Gasteiger partial charge in [0.15, 0.2) is 0 Å². The summed E-state index contributed by atoms with van der Waals surface area (Å²) in [6.45, 7) is 0.0629. The van der Waals surface area contributed by atoms with Gasteiger partial charge in [-0.1, -0.05) is 12.1 Å². The minimum Gasteiger partial charge on any atom is -0.496 e. The van der Waals surface area contributed by atoms with E-state index in [1.54, 1.807) is 18.9 Å². The van der Waals surface area contributed by atoms with Gasteiger partial charge < -0.3 is 9.84 Å². The van der Waals surface area contributed by atoms with Crippen LogP contribution >= 0.6 is 11.8 Å². The SMILES string of the molecule is COc1cccc(CO)c1SC. The van der Waals surface area contributed by atoms with Crippen LogP contribution in [0.15, 0.2) is 23.1 Å². The Labute approximate surface area is 76.6 Å². The molecule has 12 heavy (non-hydrogen) atoms. The molecule has 0 radical (unpaired) electrons. The van der Waals surface area contributed by atoms with Crippen LogP contribution in [0.4, 0.5) is 0 Å². The smallest absolute Gasteiger partial charge is 0.132 e. The van der Waals surface area contributed by atoms with Crippen LogP contribution in [0.25, 0.3) is 0 Å². The van der Waals surface area contributed by atoms with Gasteiger partial charge in [0.2, 0.25) is 0 Å². The van der Waals surface area contributed by atoms with E-state index in [2.05, 4.69) is 0 Å². The van der Waals surface area contributed by atoms with Crippen LogP contribution in [0, 0.1) is 0 Å². The predicted octanol–water partition coefficient (Wildman–Crippen LogP) is 1.91. The molecule has 0 bridgehead atoms. The lowest BCUT2D eigenvalue weighted by Crippen LogP contribution is -1.91. The van der Waals surface area contributed by atoms with Crippen LogP contribution in [0.1, 0.15) is 5.56 Å². The molecule has 0 amide bonds. The topological polar surface area (TPSA) is 29.5 Å². The van der Waals surface area contributed by atoms with Crippen LogP contribution in [-0.4, -0.2) is 18.5 Å². The van der Waals surface area contributed by atoms with Gasteiger partial charge in [-0.3, -0.25) is 0 Å². The Morgan fingerprint density at radius 1 is 1.50 bits per heavy atom. The van der Waals surface area contributed by atoms with Crippen molar-refractivity contribution in [3.05, 3.63) is 23.8 Å². The summed E-state index contributed by atoms with van der Waals surface area (Å²) in [7, 11) is 1.64. The first-order valence-electron chi connectivity index (χ1n) is 3.64. The number of thioether (sulfide) groups is 1. The van der Waals surface area contributed by atoms with Gasteiger partial charge in [-0.25, -0.2) is 0 Å². The Balaban J connectivity index is 3.13. The van der Waals surface area contributed by atoms with Crippen molar-refractivity contribution in [1.82, 2.24) is 0 Å². The molecule has 0 unspecified atom stereocenters. The first-order valence-corrected chi connectivity index (χ1v) is 4.86. The third-order valence-electron chi connectivity index (χ3n) is 1.65. The number of benzene rings is 1. The Morgan fingerprint density at radius 3 is 2.75 bits per heavy atom. The van der Waals surface area contributed by atoms with Crippen LogP contribution in [0.2, 0.25) is 0 Å². The first kappa shape index (κ1) is 9.42. The zero-order valence-electron chi connectivity index (χ0n) is 7.20. The highest BCUT2D eigenvalue weighted by atomic mass is 32.2. The fourth-order valence-electron chi connectivity index (χ4n) is 1.08. The van der Waals surface area contributed by atoms with Crippen molar-refractivity contribution in [3.63, 3.8) is 0 Å². The minimum atomic E-state index is 0.0629. The number of hydrogen-bond acceptors (Lipinski definition) is 3. The second-order valence-electron chi connectivity index (χ2n) is 2.31. The highest BCUT2D eigenvalue weighted by Crippen LogP contribution is 2.30. The molecular weight excluding hydrogens is 172 g/mol. The second-order valence-corrected chi connectivity index (χ2v) is 3.13. The second kappa shape index (κ2) is 4.38. The summed E-state index contributed by atoms with van der Waals surface area (Å²) in [5, 5.41) is 9.00. The van der Waals surface area contributed by atoms with Crippen molar-refractivity contribution in [2.24, 2.45) is 0 Å². The first-order chi connectivity index (χ1) is 5.83. The van der Waals surface area contributed by atoms with E-state index >= 15 is 0 Å². The molecule has 0 fully saturated rings. The molecule has 0 atom stereocenters. The quantitative estimate of drug-likeness (QED) is 0.728. The van der Waals surface area contributed by atoms with Crippen LogP contribution in [0.5, 0.6) is 5.75 Å². The highest BCUT2D eigenvalue weighted by Gasteiger charge is 2.05. The molecular formula is C9H12O2S. The van der Waals surface area contributed by atoms with Crippen LogP contribution < -0.4 is 4.74 Å². The number of methoxy groups -OCH3 is 1. The minimum absolute atomic E-state index is 0.0629. The molecule has 0 aliphatic carbocycles. The molecule has 0 heterocycles. The van der Waals surface area contributed by atoms with Gasteiger partial charge in [-0.15, -0.1) is 11.8 Å². The fourth-order valence-corrected chi connectivity index (χ4v) is 1.83. The predicted molar refractivity (Wildman–Crippen MR) is 50.7 cm³/mol. The standard InChI is InChI=1S/C9H12O2S/c1-11-8-5-3-4-7(6-10)9(8)12-2/h3-5,10H,6H2,1-2H3. The van der Waals surface area contributed by atoms with Gasteiger partial charge in [0.25, 0.3) is 0 Å². The van der Waals surface area contributed by atoms with E-state index in [9.17, 15) is 0 Å². The number of ether oxygens (including phenoxy) is 1. The molecule has 0 aliphatic heterocycles. The van der Waals surface area contributed by atoms with Gasteiger partial charge in [-0.05, 0) is 17.9 Å². The van der Waals surface area contributed by atoms with E-state index < -0.39 is 0 Å². The molecule has 0 aromatic heterocycles. The summed E-state index contributed by atoms with van der Waals surface area (Å²) in [4.78, 5) is 1.02.